The number of fused-ring (bicyclic) bond motifs is 2. The lowest BCUT2D eigenvalue weighted by Gasteiger charge is -2.48. The molecular weight excluding hydrogens is 524 g/mol. The number of halogens is 3. The van der Waals surface area contributed by atoms with Crippen LogP contribution in [0.4, 0.5) is 20.2 Å². The molecule has 6 rings (SSSR count). The van der Waals surface area contributed by atoms with Crippen molar-refractivity contribution in [1.82, 2.24) is 15.3 Å². The predicted octanol–water partition coefficient (Wildman–Crippen LogP) is 5.16. The molecular formula is C29H28ClF2N5O2. The van der Waals surface area contributed by atoms with Gasteiger partial charge in [0.2, 0.25) is 5.91 Å². The number of hydrogen-bond donors (Lipinski definition) is 1. The van der Waals surface area contributed by atoms with E-state index in [1.54, 1.807) is 12.4 Å². The number of para-hydroxylation sites is 1. The Balaban J connectivity index is 1.09. The molecule has 2 fully saturated rings. The van der Waals surface area contributed by atoms with Crippen LogP contribution < -0.4 is 15.1 Å². The van der Waals surface area contributed by atoms with Crippen LogP contribution in [0.25, 0.3) is 0 Å². The highest BCUT2D eigenvalue weighted by molar-refractivity contribution is 6.30. The lowest BCUT2D eigenvalue weighted by molar-refractivity contribution is -0.124. The van der Waals surface area contributed by atoms with Crippen LogP contribution in [0.15, 0.2) is 61.1 Å². The molecule has 3 aromatic rings. The maximum absolute atomic E-state index is 13.9. The minimum Gasteiger partial charge on any atom is -0.368 e. The largest absolute Gasteiger partial charge is 0.368 e. The van der Waals surface area contributed by atoms with Gasteiger partial charge in [-0.1, -0.05) is 29.8 Å². The van der Waals surface area contributed by atoms with E-state index in [2.05, 4.69) is 26.3 Å². The van der Waals surface area contributed by atoms with Gasteiger partial charge in [-0.3, -0.25) is 19.6 Å². The Morgan fingerprint density at radius 1 is 1.10 bits per heavy atom. The maximum Gasteiger partial charge on any atom is 0.281 e. The number of aromatic nitrogens is 2. The van der Waals surface area contributed by atoms with Gasteiger partial charge in [0, 0.05) is 55.6 Å². The van der Waals surface area contributed by atoms with Gasteiger partial charge >= 0.3 is 0 Å². The van der Waals surface area contributed by atoms with E-state index in [9.17, 15) is 18.4 Å². The van der Waals surface area contributed by atoms with E-state index in [1.165, 1.54) is 6.07 Å². The van der Waals surface area contributed by atoms with Crippen molar-refractivity contribution in [1.29, 1.82) is 0 Å². The Kier molecular flexibility index (Phi) is 6.71. The smallest absolute Gasteiger partial charge is 0.281 e. The number of pyridine rings is 2. The summed E-state index contributed by atoms with van der Waals surface area (Å²) in [7, 11) is 0. The van der Waals surface area contributed by atoms with Crippen LogP contribution >= 0.6 is 11.6 Å². The fraction of sp³-hybridized carbons (Fsp3) is 0.379. The lowest BCUT2D eigenvalue weighted by Crippen LogP contribution is -2.64. The molecule has 1 N–H and O–H groups in total. The lowest BCUT2D eigenvalue weighted by atomic mass is 9.74. The molecule has 4 heterocycles. The van der Waals surface area contributed by atoms with E-state index in [-0.39, 0.29) is 28.5 Å². The quantitative estimate of drug-likeness (QED) is 0.458. The molecule has 2 amide bonds. The van der Waals surface area contributed by atoms with E-state index < -0.39 is 23.4 Å². The van der Waals surface area contributed by atoms with E-state index in [0.717, 1.165) is 36.0 Å². The molecule has 1 aliphatic carbocycles. The first-order valence-electron chi connectivity index (χ1n) is 13.2. The summed E-state index contributed by atoms with van der Waals surface area (Å²) in [5.41, 5.74) is 1.86. The third kappa shape index (κ3) is 4.62. The predicted molar refractivity (Wildman–Crippen MR) is 144 cm³/mol. The van der Waals surface area contributed by atoms with E-state index in [4.69, 9.17) is 11.6 Å². The molecule has 0 bridgehead atoms. The van der Waals surface area contributed by atoms with Gasteiger partial charge in [0.05, 0.1) is 10.6 Å². The van der Waals surface area contributed by atoms with Crippen molar-refractivity contribution in [2.24, 2.45) is 5.92 Å². The summed E-state index contributed by atoms with van der Waals surface area (Å²) in [5, 5.41) is 3.02. The molecule has 0 radical (unpaired) electrons. The van der Waals surface area contributed by atoms with Crippen molar-refractivity contribution in [3.63, 3.8) is 0 Å². The molecule has 202 valence electrons. The third-order valence-corrected chi connectivity index (χ3v) is 8.48. The molecule has 1 saturated heterocycles. The normalized spacial score (nSPS) is 21.7. The maximum atomic E-state index is 13.9. The van der Waals surface area contributed by atoms with Crippen molar-refractivity contribution in [3.05, 3.63) is 82.9 Å². The number of anilines is 2. The summed E-state index contributed by atoms with van der Waals surface area (Å²) in [6, 6.07) is 13.1. The summed E-state index contributed by atoms with van der Waals surface area (Å²) < 4.78 is 26.7. The first-order chi connectivity index (χ1) is 18.9. The van der Waals surface area contributed by atoms with Crippen molar-refractivity contribution in [3.8, 4) is 0 Å². The summed E-state index contributed by atoms with van der Waals surface area (Å²) in [5.74, 6) is -0.151. The van der Waals surface area contributed by atoms with Crippen LogP contribution in [0, 0.1) is 5.92 Å². The van der Waals surface area contributed by atoms with Crippen LogP contribution in [0.3, 0.4) is 0 Å². The standard InChI is InChI=1S/C29H28ClF2N5O2/c30-19-13-22(25(26(31)32)34-14-19)27(38)35-20-7-5-18(6-8-20)15-37-24-4-2-1-3-23(24)29(28(37)39)16-36(17-29)21-9-11-33-12-10-21/h1-4,9-14,18,20,26H,5-8,15-17H2,(H,35,38)/t18-,20-. The molecule has 0 unspecified atom stereocenters. The Labute approximate surface area is 230 Å². The topological polar surface area (TPSA) is 78.4 Å². The van der Waals surface area contributed by atoms with Gasteiger partial charge in [0.1, 0.15) is 11.1 Å². The van der Waals surface area contributed by atoms with Gasteiger partial charge < -0.3 is 15.1 Å². The summed E-state index contributed by atoms with van der Waals surface area (Å²) >= 11 is 5.91. The Bertz CT molecular complexity index is 1390. The van der Waals surface area contributed by atoms with Crippen molar-refractivity contribution < 1.29 is 18.4 Å². The minimum absolute atomic E-state index is 0.133. The van der Waals surface area contributed by atoms with Gasteiger partial charge in [0.15, 0.2) is 0 Å². The monoisotopic (exact) mass is 551 g/mol. The van der Waals surface area contributed by atoms with Crippen LogP contribution in [0.5, 0.6) is 0 Å². The molecule has 1 saturated carbocycles. The van der Waals surface area contributed by atoms with E-state index in [1.807, 2.05) is 35.2 Å². The Morgan fingerprint density at radius 2 is 1.82 bits per heavy atom. The fourth-order valence-electron chi connectivity index (χ4n) is 6.24. The fourth-order valence-corrected chi connectivity index (χ4v) is 6.40. The van der Waals surface area contributed by atoms with Crippen LogP contribution in [-0.4, -0.2) is 47.5 Å². The average Bonchev–Trinajstić information content (AvgIpc) is 3.17. The minimum atomic E-state index is -2.87. The van der Waals surface area contributed by atoms with Gasteiger partial charge in [-0.15, -0.1) is 0 Å². The van der Waals surface area contributed by atoms with Crippen LogP contribution in [-0.2, 0) is 10.2 Å². The highest BCUT2D eigenvalue weighted by atomic mass is 35.5. The zero-order chi connectivity index (χ0) is 27.1. The van der Waals surface area contributed by atoms with Gasteiger partial charge in [-0.05, 0) is 61.4 Å². The third-order valence-electron chi connectivity index (χ3n) is 8.27. The highest BCUT2D eigenvalue weighted by Gasteiger charge is 2.58. The van der Waals surface area contributed by atoms with Crippen molar-refractivity contribution in [2.75, 3.05) is 29.4 Å². The van der Waals surface area contributed by atoms with Gasteiger partial charge in [0.25, 0.3) is 12.3 Å². The Hall–Kier alpha value is -3.59. The number of alkyl halides is 2. The second kappa shape index (κ2) is 10.2. The van der Waals surface area contributed by atoms with Crippen LogP contribution in [0.2, 0.25) is 5.02 Å². The van der Waals surface area contributed by atoms with Crippen molar-refractivity contribution in [2.45, 2.75) is 43.6 Å². The molecule has 1 spiro atoms. The second-order valence-corrected chi connectivity index (χ2v) is 11.1. The number of nitrogens with one attached hydrogen (secondary N) is 1. The number of hydrogen-bond acceptors (Lipinski definition) is 5. The first kappa shape index (κ1) is 25.7. The second-order valence-electron chi connectivity index (χ2n) is 10.7. The Morgan fingerprint density at radius 3 is 2.54 bits per heavy atom. The molecule has 1 aromatic carbocycles. The summed E-state index contributed by atoms with van der Waals surface area (Å²) in [4.78, 5) is 38.5. The highest BCUT2D eigenvalue weighted by Crippen LogP contribution is 2.49. The van der Waals surface area contributed by atoms with Crippen LogP contribution in [0.1, 0.15) is 53.7 Å². The average molecular weight is 552 g/mol. The van der Waals surface area contributed by atoms with E-state index in [0.29, 0.717) is 32.5 Å². The first-order valence-corrected chi connectivity index (χ1v) is 13.5. The number of benzene rings is 1. The molecule has 0 atom stereocenters. The summed E-state index contributed by atoms with van der Waals surface area (Å²) in [6.45, 7) is 1.91. The molecule has 2 aromatic heterocycles. The number of carbonyl (C=O) groups is 2. The SMILES string of the molecule is O=C(N[C@H]1CC[C@H](CN2C(=O)C3(CN(c4ccncc4)C3)c3ccccc32)CC1)c1cc(Cl)cnc1C(F)F. The molecule has 2 aliphatic heterocycles. The number of carbonyl (C=O) groups excluding carboxylic acids is 2. The van der Waals surface area contributed by atoms with Crippen molar-refractivity contribution >= 4 is 34.8 Å². The number of nitrogens with zero attached hydrogens (tertiary/aromatic N) is 4. The number of rotatable bonds is 6. The zero-order valence-corrected chi connectivity index (χ0v) is 22.0. The van der Waals surface area contributed by atoms with Gasteiger partial charge in [-0.25, -0.2) is 8.78 Å². The van der Waals surface area contributed by atoms with E-state index >= 15 is 0 Å². The molecule has 3 aliphatic rings. The van der Waals surface area contributed by atoms with Gasteiger partial charge in [-0.2, -0.15) is 0 Å². The molecule has 10 heteroatoms. The number of amides is 2. The zero-order valence-electron chi connectivity index (χ0n) is 21.2. The molecule has 7 nitrogen and oxygen atoms in total. The molecule has 39 heavy (non-hydrogen) atoms. The summed E-state index contributed by atoms with van der Waals surface area (Å²) in [6.07, 6.45) is 4.84.